The molecule has 1 unspecified atom stereocenters. The average molecular weight is 569 g/mol. The van der Waals surface area contributed by atoms with Crippen LogP contribution in [0.4, 0.5) is 19.4 Å². The number of carbonyl (C=O) groups excluding carboxylic acids is 1. The molecule has 3 aliphatic rings. The zero-order valence-corrected chi connectivity index (χ0v) is 23.5. The minimum atomic E-state index is -1.34. The van der Waals surface area contributed by atoms with Crippen molar-refractivity contribution in [2.24, 2.45) is 0 Å². The molecule has 0 spiro atoms. The number of β-amino-alcohol motifs (C(OH)–C–C–N with tert-alkyl or cyclic N) is 1. The molecule has 2 aromatic heterocycles. The van der Waals surface area contributed by atoms with Gasteiger partial charge in [-0.3, -0.25) is 4.90 Å². The predicted molar refractivity (Wildman–Crippen MR) is 141 cm³/mol. The Bertz CT molecular complexity index is 1260. The third-order valence-electron chi connectivity index (χ3n) is 7.49. The van der Waals surface area contributed by atoms with Crippen LogP contribution < -0.4 is 9.64 Å². The molecule has 2 aromatic rings. The first kappa shape index (κ1) is 28.0. The number of hydrogen-bond acceptors (Lipinski definition) is 9. The topological polar surface area (TPSA) is 104 Å². The number of anilines is 1. The van der Waals surface area contributed by atoms with Gasteiger partial charge in [0, 0.05) is 38.8 Å². The van der Waals surface area contributed by atoms with Crippen LogP contribution in [0.2, 0.25) is 5.15 Å². The summed E-state index contributed by atoms with van der Waals surface area (Å²) in [5.74, 6) is -0.523. The molecular formula is C26H35ClF2N6O4. The SMILES string of the molecule is CC1(O)CN(C(=O)OC(C)(C)C)CCN(c2nc(OC[C@@]34CCCN3C[C@H](F)C4)nc3c(F)c(Cl)ncc23)C1. The maximum atomic E-state index is 15.2. The number of nitrogens with zero attached hydrogens (tertiary/aromatic N) is 6. The first-order valence-corrected chi connectivity index (χ1v) is 13.6. The second-order valence-corrected chi connectivity index (χ2v) is 12.5. The number of ether oxygens (including phenoxy) is 2. The van der Waals surface area contributed by atoms with Crippen molar-refractivity contribution in [1.29, 1.82) is 0 Å². The van der Waals surface area contributed by atoms with Gasteiger partial charge in [0.05, 0.1) is 23.1 Å². The molecule has 5 rings (SSSR count). The van der Waals surface area contributed by atoms with Crippen molar-refractivity contribution in [2.45, 2.75) is 69.9 Å². The van der Waals surface area contributed by atoms with E-state index in [1.807, 2.05) is 0 Å². The lowest BCUT2D eigenvalue weighted by Crippen LogP contribution is -2.47. The molecule has 1 N–H and O–H groups in total. The van der Waals surface area contributed by atoms with Gasteiger partial charge in [0.2, 0.25) is 0 Å². The molecule has 214 valence electrons. The molecule has 0 radical (unpaired) electrons. The van der Waals surface area contributed by atoms with Crippen LogP contribution in [0.3, 0.4) is 0 Å². The largest absolute Gasteiger partial charge is 0.461 e. The Morgan fingerprint density at radius 3 is 2.77 bits per heavy atom. The Morgan fingerprint density at radius 2 is 2.03 bits per heavy atom. The Balaban J connectivity index is 1.46. The van der Waals surface area contributed by atoms with Crippen LogP contribution in [0.1, 0.15) is 47.0 Å². The monoisotopic (exact) mass is 568 g/mol. The third-order valence-corrected chi connectivity index (χ3v) is 7.75. The van der Waals surface area contributed by atoms with Crippen LogP contribution in [0.5, 0.6) is 6.01 Å². The van der Waals surface area contributed by atoms with E-state index in [1.165, 1.54) is 11.1 Å². The molecule has 1 amide bonds. The normalized spacial score (nSPS) is 28.1. The maximum Gasteiger partial charge on any atom is 0.410 e. The summed E-state index contributed by atoms with van der Waals surface area (Å²) < 4.78 is 41.0. The fourth-order valence-corrected chi connectivity index (χ4v) is 6.03. The first-order chi connectivity index (χ1) is 18.3. The number of halogens is 3. The van der Waals surface area contributed by atoms with E-state index in [0.29, 0.717) is 18.8 Å². The minimum absolute atomic E-state index is 0.0337. The second kappa shape index (κ2) is 10.1. The van der Waals surface area contributed by atoms with Gasteiger partial charge in [-0.25, -0.2) is 18.6 Å². The number of rotatable bonds is 4. The van der Waals surface area contributed by atoms with Crippen molar-refractivity contribution in [3.05, 3.63) is 17.2 Å². The molecule has 13 heteroatoms. The molecule has 0 aromatic carbocycles. The zero-order chi connectivity index (χ0) is 28.2. The second-order valence-electron chi connectivity index (χ2n) is 12.1. The van der Waals surface area contributed by atoms with E-state index in [0.717, 1.165) is 19.4 Å². The molecule has 10 nitrogen and oxygen atoms in total. The summed E-state index contributed by atoms with van der Waals surface area (Å²) in [6, 6.07) is -0.0740. The average Bonchev–Trinajstić information content (AvgIpc) is 3.29. The Morgan fingerprint density at radius 1 is 1.26 bits per heavy atom. The summed E-state index contributed by atoms with van der Waals surface area (Å²) in [6.45, 7) is 8.91. The van der Waals surface area contributed by atoms with E-state index < -0.39 is 34.8 Å². The zero-order valence-electron chi connectivity index (χ0n) is 22.7. The van der Waals surface area contributed by atoms with Crippen molar-refractivity contribution >= 4 is 34.4 Å². The number of hydrogen-bond donors (Lipinski definition) is 1. The molecule has 3 aliphatic heterocycles. The van der Waals surface area contributed by atoms with Crippen molar-refractivity contribution in [1.82, 2.24) is 24.8 Å². The highest BCUT2D eigenvalue weighted by Gasteiger charge is 2.49. The first-order valence-electron chi connectivity index (χ1n) is 13.2. The van der Waals surface area contributed by atoms with Crippen molar-refractivity contribution < 1.29 is 28.2 Å². The van der Waals surface area contributed by atoms with Crippen LogP contribution in [0.15, 0.2) is 6.20 Å². The Hall–Kier alpha value is -2.57. The molecule has 3 atom stereocenters. The quantitative estimate of drug-likeness (QED) is 0.554. The summed E-state index contributed by atoms with van der Waals surface area (Å²) in [6.07, 6.45) is 2.04. The fourth-order valence-electron chi connectivity index (χ4n) is 5.89. The number of alkyl halides is 1. The molecular weight excluding hydrogens is 534 g/mol. The Kier molecular flexibility index (Phi) is 7.26. The Labute approximate surface area is 231 Å². The third kappa shape index (κ3) is 5.83. The molecule has 0 bridgehead atoms. The molecule has 3 fully saturated rings. The van der Waals surface area contributed by atoms with Gasteiger partial charge in [0.25, 0.3) is 0 Å². The summed E-state index contributed by atoms with van der Waals surface area (Å²) in [5.41, 5.74) is -2.54. The lowest BCUT2D eigenvalue weighted by atomic mass is 9.95. The number of pyridine rings is 1. The van der Waals surface area contributed by atoms with Crippen molar-refractivity contribution in [2.75, 3.05) is 50.8 Å². The van der Waals surface area contributed by atoms with Crippen LogP contribution in [0, 0.1) is 5.82 Å². The molecule has 3 saturated heterocycles. The number of aromatic nitrogens is 3. The van der Waals surface area contributed by atoms with Crippen LogP contribution in [-0.4, -0.2) is 105 Å². The van der Waals surface area contributed by atoms with Gasteiger partial charge < -0.3 is 24.4 Å². The molecule has 5 heterocycles. The number of amides is 1. The van der Waals surface area contributed by atoms with E-state index >= 15 is 4.39 Å². The minimum Gasteiger partial charge on any atom is -0.461 e. The highest BCUT2D eigenvalue weighted by atomic mass is 35.5. The maximum absolute atomic E-state index is 15.2. The van der Waals surface area contributed by atoms with E-state index in [-0.39, 0.29) is 54.9 Å². The van der Waals surface area contributed by atoms with Gasteiger partial charge in [-0.1, -0.05) is 11.6 Å². The molecule has 0 aliphatic carbocycles. The summed E-state index contributed by atoms with van der Waals surface area (Å²) in [5, 5.41) is 11.1. The summed E-state index contributed by atoms with van der Waals surface area (Å²) in [4.78, 5) is 31.0. The van der Waals surface area contributed by atoms with Crippen LogP contribution in [-0.2, 0) is 4.74 Å². The van der Waals surface area contributed by atoms with Gasteiger partial charge in [-0.2, -0.15) is 9.97 Å². The van der Waals surface area contributed by atoms with Gasteiger partial charge in [-0.05, 0) is 47.1 Å². The number of fused-ring (bicyclic) bond motifs is 2. The van der Waals surface area contributed by atoms with Gasteiger partial charge in [0.15, 0.2) is 11.0 Å². The molecule has 0 saturated carbocycles. The van der Waals surface area contributed by atoms with Crippen LogP contribution in [0.25, 0.3) is 10.9 Å². The number of aliphatic hydroxyl groups is 1. The standard InChI is InChI=1S/C26H35ClF2N6O4/c1-24(2,3)39-23(36)34-9-8-33(13-25(4,37)14-34)21-17-11-30-20(27)18(29)19(17)31-22(32-21)38-15-26-6-5-7-35(26)12-16(28)10-26/h11,16,37H,5-10,12-15H2,1-4H3/t16-,25?,26+/m1/s1. The lowest BCUT2D eigenvalue weighted by Gasteiger charge is -2.32. The predicted octanol–water partition coefficient (Wildman–Crippen LogP) is 3.58. The lowest BCUT2D eigenvalue weighted by molar-refractivity contribution is -0.000275. The van der Waals surface area contributed by atoms with E-state index in [1.54, 1.807) is 32.6 Å². The van der Waals surface area contributed by atoms with Gasteiger partial charge in [-0.15, -0.1) is 0 Å². The highest BCUT2D eigenvalue weighted by molar-refractivity contribution is 6.30. The summed E-state index contributed by atoms with van der Waals surface area (Å²) in [7, 11) is 0. The smallest absolute Gasteiger partial charge is 0.410 e. The van der Waals surface area contributed by atoms with Gasteiger partial charge >= 0.3 is 12.1 Å². The highest BCUT2D eigenvalue weighted by Crippen LogP contribution is 2.40. The van der Waals surface area contributed by atoms with Gasteiger partial charge in [0.1, 0.15) is 29.7 Å². The van der Waals surface area contributed by atoms with Crippen molar-refractivity contribution in [3.63, 3.8) is 0 Å². The van der Waals surface area contributed by atoms with E-state index in [9.17, 15) is 14.3 Å². The van der Waals surface area contributed by atoms with Crippen molar-refractivity contribution in [3.8, 4) is 6.01 Å². The fraction of sp³-hybridized carbons (Fsp3) is 0.692. The van der Waals surface area contributed by atoms with E-state index in [4.69, 9.17) is 21.1 Å². The number of carbonyl (C=O) groups is 1. The van der Waals surface area contributed by atoms with E-state index in [2.05, 4.69) is 19.9 Å². The summed E-state index contributed by atoms with van der Waals surface area (Å²) >= 11 is 5.98. The van der Waals surface area contributed by atoms with Crippen LogP contribution >= 0.6 is 11.6 Å². The molecule has 39 heavy (non-hydrogen) atoms.